The molecule has 2 heterocycles. The molecule has 1 N–H and O–H groups in total. The van der Waals surface area contributed by atoms with Crippen molar-refractivity contribution < 1.29 is 4.74 Å². The van der Waals surface area contributed by atoms with Gasteiger partial charge in [-0.05, 0) is 19.8 Å². The lowest BCUT2D eigenvalue weighted by atomic mass is 10.1. The second-order valence-electron chi connectivity index (χ2n) is 4.53. The Bertz CT molecular complexity index is 321. The molecule has 90 valence electrons. The van der Waals surface area contributed by atoms with Crippen LogP contribution in [-0.4, -0.2) is 30.8 Å². The highest BCUT2D eigenvalue weighted by Crippen LogP contribution is 2.20. The molecule has 2 unspecified atom stereocenters. The van der Waals surface area contributed by atoms with Gasteiger partial charge in [0.2, 0.25) is 0 Å². The van der Waals surface area contributed by atoms with E-state index in [1.807, 2.05) is 6.20 Å². The molecule has 1 aromatic rings. The van der Waals surface area contributed by atoms with Gasteiger partial charge in [-0.1, -0.05) is 6.92 Å². The van der Waals surface area contributed by atoms with Crippen molar-refractivity contribution in [1.29, 1.82) is 0 Å². The lowest BCUT2D eigenvalue weighted by Gasteiger charge is -2.24. The van der Waals surface area contributed by atoms with Crippen molar-refractivity contribution >= 4 is 11.3 Å². The van der Waals surface area contributed by atoms with E-state index in [-0.39, 0.29) is 0 Å². The summed E-state index contributed by atoms with van der Waals surface area (Å²) in [5.41, 5.74) is 0. The van der Waals surface area contributed by atoms with Crippen LogP contribution >= 0.6 is 11.3 Å². The van der Waals surface area contributed by atoms with Crippen LogP contribution in [0.5, 0.6) is 0 Å². The predicted molar refractivity (Wildman–Crippen MR) is 67.1 cm³/mol. The monoisotopic (exact) mass is 240 g/mol. The molecular weight excluding hydrogens is 220 g/mol. The van der Waals surface area contributed by atoms with Gasteiger partial charge < -0.3 is 10.1 Å². The van der Waals surface area contributed by atoms with Gasteiger partial charge in [0.05, 0.1) is 11.6 Å². The van der Waals surface area contributed by atoms with Crippen LogP contribution in [0.1, 0.15) is 35.6 Å². The summed E-state index contributed by atoms with van der Waals surface area (Å²) in [5, 5.41) is 4.81. The third kappa shape index (κ3) is 3.27. The number of nitrogens with one attached hydrogen (secondary N) is 1. The molecule has 0 spiro atoms. The van der Waals surface area contributed by atoms with Gasteiger partial charge in [-0.25, -0.2) is 4.98 Å². The summed E-state index contributed by atoms with van der Waals surface area (Å²) in [6, 6.07) is 0.539. The maximum Gasteiger partial charge on any atom is 0.0968 e. The highest BCUT2D eigenvalue weighted by molar-refractivity contribution is 7.11. The van der Waals surface area contributed by atoms with Gasteiger partial charge in [-0.3, -0.25) is 0 Å². The number of nitrogens with zero attached hydrogens (tertiary/aromatic N) is 1. The van der Waals surface area contributed by atoms with Crippen LogP contribution in [0.2, 0.25) is 0 Å². The van der Waals surface area contributed by atoms with Crippen molar-refractivity contribution in [3.05, 3.63) is 16.1 Å². The Morgan fingerprint density at radius 2 is 2.56 bits per heavy atom. The van der Waals surface area contributed by atoms with Gasteiger partial charge in [-0.2, -0.15) is 0 Å². The average Bonchev–Trinajstić information content (AvgIpc) is 2.74. The second kappa shape index (κ2) is 5.75. The zero-order valence-corrected chi connectivity index (χ0v) is 10.8. The number of hydrogen-bond donors (Lipinski definition) is 1. The SMILES string of the molecule is Cc1cnc(C(C)CNC2CCCOC2)s1. The third-order valence-corrected chi connectivity index (χ3v) is 4.08. The fourth-order valence-electron chi connectivity index (χ4n) is 1.93. The number of thiazole rings is 1. The second-order valence-corrected chi connectivity index (χ2v) is 5.80. The minimum Gasteiger partial charge on any atom is -0.380 e. The largest absolute Gasteiger partial charge is 0.380 e. The van der Waals surface area contributed by atoms with Crippen molar-refractivity contribution in [2.24, 2.45) is 0 Å². The Labute approximate surface area is 101 Å². The average molecular weight is 240 g/mol. The maximum atomic E-state index is 5.45. The first-order valence-corrected chi connectivity index (χ1v) is 6.81. The maximum absolute atomic E-state index is 5.45. The first kappa shape index (κ1) is 12.0. The molecule has 1 fully saturated rings. The Kier molecular flexibility index (Phi) is 4.32. The van der Waals surface area contributed by atoms with Gasteiger partial charge in [0.15, 0.2) is 0 Å². The van der Waals surface area contributed by atoms with Crippen LogP contribution in [0.4, 0.5) is 0 Å². The van der Waals surface area contributed by atoms with Gasteiger partial charge in [0, 0.05) is 36.2 Å². The van der Waals surface area contributed by atoms with E-state index in [4.69, 9.17) is 4.74 Å². The van der Waals surface area contributed by atoms with E-state index in [0.717, 1.165) is 19.8 Å². The predicted octanol–water partition coefficient (Wildman–Crippen LogP) is 2.32. The summed E-state index contributed by atoms with van der Waals surface area (Å²) in [7, 11) is 0. The number of hydrogen-bond acceptors (Lipinski definition) is 4. The van der Waals surface area contributed by atoms with Gasteiger partial charge in [0.1, 0.15) is 0 Å². The lowest BCUT2D eigenvalue weighted by molar-refractivity contribution is 0.0702. The fourth-order valence-corrected chi connectivity index (χ4v) is 2.76. The molecular formula is C12H20N2OS. The highest BCUT2D eigenvalue weighted by atomic mass is 32.1. The zero-order valence-electron chi connectivity index (χ0n) is 10.0. The number of aromatic nitrogens is 1. The van der Waals surface area contributed by atoms with E-state index in [1.165, 1.54) is 22.7 Å². The van der Waals surface area contributed by atoms with Crippen molar-refractivity contribution in [3.63, 3.8) is 0 Å². The molecule has 1 aliphatic rings. The van der Waals surface area contributed by atoms with E-state index in [2.05, 4.69) is 24.1 Å². The minimum absolute atomic E-state index is 0.501. The van der Waals surface area contributed by atoms with Crippen LogP contribution in [0.25, 0.3) is 0 Å². The Balaban J connectivity index is 1.76. The highest BCUT2D eigenvalue weighted by Gasteiger charge is 2.15. The van der Waals surface area contributed by atoms with Crippen LogP contribution in [-0.2, 0) is 4.74 Å². The van der Waals surface area contributed by atoms with E-state index in [1.54, 1.807) is 11.3 Å². The van der Waals surface area contributed by atoms with Gasteiger partial charge in [0.25, 0.3) is 0 Å². The number of aryl methyl sites for hydroxylation is 1. The topological polar surface area (TPSA) is 34.2 Å². The standard InChI is InChI=1S/C12H20N2OS/c1-9(12-14-7-10(2)16-12)6-13-11-4-3-5-15-8-11/h7,9,11,13H,3-6,8H2,1-2H3. The Morgan fingerprint density at radius 3 is 3.19 bits per heavy atom. The van der Waals surface area contributed by atoms with Crippen molar-refractivity contribution in [1.82, 2.24) is 10.3 Å². The molecule has 1 saturated heterocycles. The zero-order chi connectivity index (χ0) is 11.4. The molecule has 0 aromatic carbocycles. The molecule has 0 bridgehead atoms. The molecule has 0 saturated carbocycles. The summed E-state index contributed by atoms with van der Waals surface area (Å²) >= 11 is 1.80. The molecule has 16 heavy (non-hydrogen) atoms. The van der Waals surface area contributed by atoms with Crippen LogP contribution < -0.4 is 5.32 Å². The van der Waals surface area contributed by atoms with Crippen molar-refractivity contribution in [2.75, 3.05) is 19.8 Å². The molecule has 4 heteroatoms. The number of rotatable bonds is 4. The Morgan fingerprint density at radius 1 is 1.69 bits per heavy atom. The molecule has 2 atom stereocenters. The summed E-state index contributed by atoms with van der Waals surface area (Å²) in [6.45, 7) is 7.13. The fraction of sp³-hybridized carbons (Fsp3) is 0.750. The van der Waals surface area contributed by atoms with Gasteiger partial charge in [-0.15, -0.1) is 11.3 Å². The van der Waals surface area contributed by atoms with Crippen molar-refractivity contribution in [2.45, 2.75) is 38.6 Å². The quantitative estimate of drug-likeness (QED) is 0.877. The molecule has 1 aliphatic heterocycles. The van der Waals surface area contributed by atoms with E-state index in [9.17, 15) is 0 Å². The minimum atomic E-state index is 0.501. The van der Waals surface area contributed by atoms with E-state index < -0.39 is 0 Å². The molecule has 0 aliphatic carbocycles. The van der Waals surface area contributed by atoms with Crippen molar-refractivity contribution in [3.8, 4) is 0 Å². The smallest absolute Gasteiger partial charge is 0.0968 e. The van der Waals surface area contributed by atoms with Gasteiger partial charge >= 0.3 is 0 Å². The summed E-state index contributed by atoms with van der Waals surface area (Å²) < 4.78 is 5.45. The molecule has 2 rings (SSSR count). The van der Waals surface area contributed by atoms with Crippen LogP contribution in [0.3, 0.4) is 0 Å². The van der Waals surface area contributed by atoms with Crippen LogP contribution in [0.15, 0.2) is 6.20 Å². The lowest BCUT2D eigenvalue weighted by Crippen LogP contribution is -2.38. The number of ether oxygens (including phenoxy) is 1. The van der Waals surface area contributed by atoms with Crippen LogP contribution in [0, 0.1) is 6.92 Å². The molecule has 0 amide bonds. The first-order chi connectivity index (χ1) is 7.75. The third-order valence-electron chi connectivity index (χ3n) is 2.93. The summed E-state index contributed by atoms with van der Waals surface area (Å²) in [6.07, 6.45) is 4.38. The summed E-state index contributed by atoms with van der Waals surface area (Å²) in [4.78, 5) is 5.72. The van der Waals surface area contributed by atoms with E-state index >= 15 is 0 Å². The molecule has 3 nitrogen and oxygen atoms in total. The molecule has 1 aromatic heterocycles. The van der Waals surface area contributed by atoms with E-state index in [0.29, 0.717) is 12.0 Å². The Hall–Kier alpha value is -0.450. The summed E-state index contributed by atoms with van der Waals surface area (Å²) in [5.74, 6) is 0.501. The normalized spacial score (nSPS) is 23.2. The first-order valence-electron chi connectivity index (χ1n) is 5.99. The molecule has 0 radical (unpaired) electrons.